The lowest BCUT2D eigenvalue weighted by molar-refractivity contribution is -0.432. The molecule has 0 unspecified atom stereocenters. The van der Waals surface area contributed by atoms with Crippen LogP contribution in [-0.2, 0) is 19.5 Å². The van der Waals surface area contributed by atoms with E-state index in [1.54, 1.807) is 49.3 Å². The fourth-order valence-electron chi connectivity index (χ4n) is 3.34. The average Bonchev–Trinajstić information content (AvgIpc) is 3.45. The summed E-state index contributed by atoms with van der Waals surface area (Å²) in [5, 5.41) is 34.8. The number of hydrogen-bond acceptors (Lipinski definition) is 14. The summed E-state index contributed by atoms with van der Waals surface area (Å²) in [5.41, 5.74) is 2.22. The van der Waals surface area contributed by atoms with Crippen LogP contribution < -0.4 is 4.90 Å². The van der Waals surface area contributed by atoms with Crippen molar-refractivity contribution in [2.75, 3.05) is 24.2 Å². The molecule has 0 saturated heterocycles. The van der Waals surface area contributed by atoms with Crippen LogP contribution in [0.3, 0.4) is 0 Å². The highest BCUT2D eigenvalue weighted by molar-refractivity contribution is 7.94. The molecule has 1 aromatic carbocycles. The number of pyridine rings is 1. The molecule has 3 aromatic heterocycles. The molecule has 0 fully saturated rings. The molecule has 0 aliphatic rings. The van der Waals surface area contributed by atoms with Gasteiger partial charge in [-0.25, -0.2) is 19.9 Å². The minimum atomic E-state index is -4.00. The number of rotatable bonds is 11. The Bertz CT molecular complexity index is 1610. The molecular weight excluding hydrogens is 556 g/mol. The number of azo groups is 1. The first-order valence-corrected chi connectivity index (χ1v) is 13.9. The third-order valence-corrected chi connectivity index (χ3v) is 7.59. The van der Waals surface area contributed by atoms with Gasteiger partial charge in [0.05, 0.1) is 45.6 Å². The monoisotopic (exact) mass is 576 g/mol. The summed E-state index contributed by atoms with van der Waals surface area (Å²) in [4.78, 5) is 11.3. The SMILES string of the molecule is Cc1c(C#N)c(N=Nc2ccc(N(C)CCCS(=O)(=O)O)cn2)nn1-c1nc2ccc(SOOO)cc2s1. The molecule has 0 aliphatic carbocycles. The minimum Gasteiger partial charge on any atom is -0.373 e. The summed E-state index contributed by atoms with van der Waals surface area (Å²) >= 11 is 2.18. The molecule has 17 heteroatoms. The van der Waals surface area contributed by atoms with Gasteiger partial charge in [-0.2, -0.15) is 13.7 Å². The Labute approximate surface area is 225 Å². The zero-order valence-electron chi connectivity index (χ0n) is 19.9. The largest absolute Gasteiger partial charge is 0.373 e. The lowest BCUT2D eigenvalue weighted by Crippen LogP contribution is -2.21. The van der Waals surface area contributed by atoms with Gasteiger partial charge in [0.2, 0.25) is 10.9 Å². The van der Waals surface area contributed by atoms with Crippen molar-refractivity contribution < 1.29 is 27.6 Å². The summed E-state index contributed by atoms with van der Waals surface area (Å²) in [6.07, 6.45) is 1.82. The first kappa shape index (κ1) is 27.5. The van der Waals surface area contributed by atoms with Crippen molar-refractivity contribution >= 4 is 61.0 Å². The van der Waals surface area contributed by atoms with E-state index >= 15 is 0 Å². The molecule has 4 rings (SSSR count). The van der Waals surface area contributed by atoms with Gasteiger partial charge < -0.3 is 4.90 Å². The molecule has 14 nitrogen and oxygen atoms in total. The highest BCUT2D eigenvalue weighted by Crippen LogP contribution is 2.32. The molecule has 4 aromatic rings. The Morgan fingerprint density at radius 2 is 2.11 bits per heavy atom. The molecule has 0 saturated carbocycles. The van der Waals surface area contributed by atoms with E-state index in [1.807, 2.05) is 6.07 Å². The number of anilines is 1. The van der Waals surface area contributed by atoms with Crippen LogP contribution >= 0.6 is 23.4 Å². The lowest BCUT2D eigenvalue weighted by atomic mass is 10.3. The number of aromatic nitrogens is 4. The predicted molar refractivity (Wildman–Crippen MR) is 140 cm³/mol. The van der Waals surface area contributed by atoms with E-state index in [9.17, 15) is 13.7 Å². The summed E-state index contributed by atoms with van der Waals surface area (Å²) in [7, 11) is -2.23. The second-order valence-corrected chi connectivity index (χ2v) is 11.2. The standard InChI is InChI=1S/C21H20N8O6S3/c1-13-16(11-22)20(26-25-19-7-4-14(12-23-19)28(2)8-3-9-38(31,32)33)27-29(13)21-24-17-6-5-15(37-35-34-30)10-18(17)36-21/h4-7,10,12,30H,3,8-9H2,1-2H3,(H,31,32,33). The van der Waals surface area contributed by atoms with Gasteiger partial charge in [-0.3, -0.25) is 4.55 Å². The Morgan fingerprint density at radius 3 is 2.79 bits per heavy atom. The number of fused-ring (bicyclic) bond motifs is 1. The lowest BCUT2D eigenvalue weighted by Gasteiger charge is -2.18. The topological polar surface area (TPSA) is 188 Å². The van der Waals surface area contributed by atoms with Gasteiger partial charge in [0.1, 0.15) is 11.6 Å². The third-order valence-electron chi connectivity index (χ3n) is 5.22. The van der Waals surface area contributed by atoms with Crippen molar-refractivity contribution in [3.05, 3.63) is 47.8 Å². The quantitative estimate of drug-likeness (QED) is 0.0830. The van der Waals surface area contributed by atoms with E-state index in [-0.39, 0.29) is 29.4 Å². The number of benzene rings is 1. The summed E-state index contributed by atoms with van der Waals surface area (Å²) < 4.78 is 37.4. The molecule has 198 valence electrons. The van der Waals surface area contributed by atoms with Crippen molar-refractivity contribution in [2.45, 2.75) is 18.2 Å². The van der Waals surface area contributed by atoms with Crippen LogP contribution in [0.25, 0.3) is 15.3 Å². The van der Waals surface area contributed by atoms with E-state index in [0.717, 1.165) is 22.4 Å². The Morgan fingerprint density at radius 1 is 1.29 bits per heavy atom. The molecule has 38 heavy (non-hydrogen) atoms. The zero-order valence-corrected chi connectivity index (χ0v) is 22.4. The molecular formula is C21H20N8O6S3. The number of thiazole rings is 1. The van der Waals surface area contributed by atoms with Crippen LogP contribution in [0, 0.1) is 18.3 Å². The van der Waals surface area contributed by atoms with Gasteiger partial charge >= 0.3 is 0 Å². The normalized spacial score (nSPS) is 11.9. The van der Waals surface area contributed by atoms with E-state index in [0.29, 0.717) is 27.8 Å². The minimum absolute atomic E-state index is 0.113. The van der Waals surface area contributed by atoms with Crippen LogP contribution in [0.4, 0.5) is 17.3 Å². The summed E-state index contributed by atoms with van der Waals surface area (Å²) in [6, 6.07) is 10.8. The van der Waals surface area contributed by atoms with Gasteiger partial charge in [0, 0.05) is 18.5 Å². The van der Waals surface area contributed by atoms with Crippen LogP contribution in [0.15, 0.2) is 51.7 Å². The maximum Gasteiger partial charge on any atom is 0.264 e. The maximum absolute atomic E-state index is 10.9. The van der Waals surface area contributed by atoms with Gasteiger partial charge in [0.15, 0.2) is 5.82 Å². The van der Waals surface area contributed by atoms with Crippen LogP contribution in [0.5, 0.6) is 0 Å². The highest BCUT2D eigenvalue weighted by atomic mass is 32.2. The average molecular weight is 577 g/mol. The summed E-state index contributed by atoms with van der Waals surface area (Å²) in [5.74, 6) is 0.0775. The van der Waals surface area contributed by atoms with E-state index in [2.05, 4.69) is 40.7 Å². The second kappa shape index (κ2) is 11.9. The van der Waals surface area contributed by atoms with Gasteiger partial charge in [-0.15, -0.1) is 19.7 Å². The smallest absolute Gasteiger partial charge is 0.264 e. The molecule has 2 N–H and O–H groups in total. The van der Waals surface area contributed by atoms with Crippen molar-refractivity contribution in [3.63, 3.8) is 0 Å². The highest BCUT2D eigenvalue weighted by Gasteiger charge is 2.18. The van der Waals surface area contributed by atoms with Crippen LogP contribution in [0.1, 0.15) is 17.7 Å². The van der Waals surface area contributed by atoms with Crippen LogP contribution in [-0.4, -0.2) is 57.3 Å². The number of nitriles is 1. The molecule has 0 atom stereocenters. The van der Waals surface area contributed by atoms with E-state index in [1.165, 1.54) is 16.0 Å². The number of nitrogens with zero attached hydrogens (tertiary/aromatic N) is 8. The Balaban J connectivity index is 1.51. The van der Waals surface area contributed by atoms with Gasteiger partial charge in [0.25, 0.3) is 10.1 Å². The molecule has 0 radical (unpaired) electrons. The maximum atomic E-state index is 10.9. The third kappa shape index (κ3) is 6.68. The van der Waals surface area contributed by atoms with Crippen molar-refractivity contribution in [2.24, 2.45) is 10.2 Å². The first-order valence-electron chi connectivity index (χ1n) is 10.8. The Hall–Kier alpha value is -3.50. The first-order chi connectivity index (χ1) is 18.2. The van der Waals surface area contributed by atoms with Gasteiger partial charge in [-0.1, -0.05) is 16.4 Å². The van der Waals surface area contributed by atoms with Crippen molar-refractivity contribution in [3.8, 4) is 11.2 Å². The van der Waals surface area contributed by atoms with E-state index < -0.39 is 10.1 Å². The van der Waals surface area contributed by atoms with E-state index in [4.69, 9.17) is 9.81 Å². The fraction of sp³-hybridized carbons (Fsp3) is 0.238. The summed E-state index contributed by atoms with van der Waals surface area (Å²) in [6.45, 7) is 2.14. The zero-order chi connectivity index (χ0) is 27.3. The van der Waals surface area contributed by atoms with Crippen molar-refractivity contribution in [1.82, 2.24) is 19.7 Å². The van der Waals surface area contributed by atoms with Crippen molar-refractivity contribution in [1.29, 1.82) is 5.26 Å². The van der Waals surface area contributed by atoms with Gasteiger partial charge in [-0.05, 0) is 43.7 Å². The Kier molecular flexibility index (Phi) is 8.63. The predicted octanol–water partition coefficient (Wildman–Crippen LogP) is 4.61. The molecule has 0 amide bonds. The molecule has 0 bridgehead atoms. The number of hydrogen-bond donors (Lipinski definition) is 2. The molecule has 0 aliphatic heterocycles. The fourth-order valence-corrected chi connectivity index (χ4v) is 5.32. The second-order valence-electron chi connectivity index (χ2n) is 7.80. The molecule has 3 heterocycles. The van der Waals surface area contributed by atoms with Crippen LogP contribution in [0.2, 0.25) is 0 Å². The molecule has 0 spiro atoms.